The number of aryl methyl sites for hydroxylation is 1. The molecule has 0 saturated carbocycles. The highest BCUT2D eigenvalue weighted by Crippen LogP contribution is 2.38. The lowest BCUT2D eigenvalue weighted by Crippen LogP contribution is -3.16. The molecule has 5 nitrogen and oxygen atoms in total. The predicted molar refractivity (Wildman–Crippen MR) is 103 cm³/mol. The van der Waals surface area contributed by atoms with E-state index in [1.165, 1.54) is 32.2 Å². The van der Waals surface area contributed by atoms with E-state index in [2.05, 4.69) is 29.6 Å². The molecule has 26 heavy (non-hydrogen) atoms. The van der Waals surface area contributed by atoms with Crippen LogP contribution in [0.1, 0.15) is 45.3 Å². The summed E-state index contributed by atoms with van der Waals surface area (Å²) < 4.78 is 0. The molecule has 4 N–H and O–H groups in total. The molecule has 1 aliphatic carbocycles. The standard InChI is InChI=1S/C20H23N3O2S/c1-12(23-10-9-13-5-2-3-6-14(13)11-23)19(25)22-20-17(18(21)24)15-7-4-8-16(15)26-20/h2-3,5-6,12H,4,7-11H2,1H3,(H2,21,24)(H,22,25)/p+1/t12-/m1/s1. The minimum absolute atomic E-state index is 0.0400. The van der Waals surface area contributed by atoms with E-state index in [0.717, 1.165) is 44.3 Å². The lowest BCUT2D eigenvalue weighted by molar-refractivity contribution is -0.929. The Labute approximate surface area is 157 Å². The van der Waals surface area contributed by atoms with Crippen molar-refractivity contribution in [3.05, 3.63) is 51.4 Å². The fraction of sp³-hybridized carbons (Fsp3) is 0.400. The van der Waals surface area contributed by atoms with Crippen molar-refractivity contribution < 1.29 is 14.5 Å². The number of rotatable bonds is 4. The minimum Gasteiger partial charge on any atom is -0.365 e. The molecule has 2 aliphatic rings. The number of amides is 2. The van der Waals surface area contributed by atoms with E-state index >= 15 is 0 Å². The second kappa shape index (κ2) is 6.85. The van der Waals surface area contributed by atoms with Gasteiger partial charge in [-0.1, -0.05) is 24.3 Å². The van der Waals surface area contributed by atoms with Crippen LogP contribution in [-0.2, 0) is 30.6 Å². The third-order valence-corrected chi connectivity index (χ3v) is 6.87. The molecule has 2 heterocycles. The van der Waals surface area contributed by atoms with Crippen LogP contribution in [0, 0.1) is 0 Å². The predicted octanol–water partition coefficient (Wildman–Crippen LogP) is 1.30. The van der Waals surface area contributed by atoms with Crippen LogP contribution >= 0.6 is 11.3 Å². The van der Waals surface area contributed by atoms with Gasteiger partial charge in [-0.15, -0.1) is 11.3 Å². The van der Waals surface area contributed by atoms with Crippen LogP contribution in [0.5, 0.6) is 0 Å². The van der Waals surface area contributed by atoms with Crippen molar-refractivity contribution in [2.75, 3.05) is 11.9 Å². The fourth-order valence-corrected chi connectivity index (χ4v) is 5.43. The second-order valence-electron chi connectivity index (χ2n) is 7.24. The number of nitrogens with one attached hydrogen (secondary N) is 2. The minimum atomic E-state index is -0.438. The zero-order valence-corrected chi connectivity index (χ0v) is 15.7. The van der Waals surface area contributed by atoms with Crippen LogP contribution in [0.25, 0.3) is 0 Å². The molecule has 1 unspecified atom stereocenters. The molecule has 2 aromatic rings. The van der Waals surface area contributed by atoms with E-state index < -0.39 is 5.91 Å². The number of hydrogen-bond acceptors (Lipinski definition) is 3. The summed E-state index contributed by atoms with van der Waals surface area (Å²) >= 11 is 1.52. The molecule has 0 bridgehead atoms. The maximum Gasteiger partial charge on any atom is 0.283 e. The highest BCUT2D eigenvalue weighted by Gasteiger charge is 2.31. The smallest absolute Gasteiger partial charge is 0.283 e. The molecule has 0 saturated heterocycles. The van der Waals surface area contributed by atoms with Gasteiger partial charge in [0.1, 0.15) is 11.5 Å². The summed E-state index contributed by atoms with van der Waals surface area (Å²) in [6.07, 6.45) is 3.90. The van der Waals surface area contributed by atoms with Gasteiger partial charge in [0.25, 0.3) is 11.8 Å². The quantitative estimate of drug-likeness (QED) is 0.759. The van der Waals surface area contributed by atoms with Gasteiger partial charge in [-0.25, -0.2) is 0 Å². The van der Waals surface area contributed by atoms with E-state index in [-0.39, 0.29) is 11.9 Å². The second-order valence-corrected chi connectivity index (χ2v) is 8.35. The zero-order valence-electron chi connectivity index (χ0n) is 14.9. The van der Waals surface area contributed by atoms with Gasteiger partial charge in [0.2, 0.25) is 0 Å². The van der Waals surface area contributed by atoms with Crippen molar-refractivity contribution in [3.63, 3.8) is 0 Å². The molecule has 1 aromatic carbocycles. The van der Waals surface area contributed by atoms with Gasteiger partial charge in [-0.05, 0) is 37.3 Å². The molecule has 1 aromatic heterocycles. The molecular formula is C20H24N3O2S+. The fourth-order valence-electron chi connectivity index (χ4n) is 4.13. The first-order valence-electron chi connectivity index (χ1n) is 9.21. The molecule has 2 amide bonds. The van der Waals surface area contributed by atoms with Crippen LogP contribution in [0.2, 0.25) is 0 Å². The van der Waals surface area contributed by atoms with Crippen molar-refractivity contribution in [3.8, 4) is 0 Å². The topological polar surface area (TPSA) is 76.6 Å². The molecule has 6 heteroatoms. The number of primary amides is 1. The summed E-state index contributed by atoms with van der Waals surface area (Å²) in [7, 11) is 0. The Hall–Kier alpha value is -2.18. The third-order valence-electron chi connectivity index (χ3n) is 5.66. The van der Waals surface area contributed by atoms with Crippen LogP contribution in [-0.4, -0.2) is 24.4 Å². The molecule has 0 spiro atoms. The number of carbonyl (C=O) groups is 2. The van der Waals surface area contributed by atoms with E-state index in [9.17, 15) is 9.59 Å². The number of thiophene rings is 1. The van der Waals surface area contributed by atoms with Crippen LogP contribution < -0.4 is 16.0 Å². The van der Waals surface area contributed by atoms with E-state index in [0.29, 0.717) is 10.6 Å². The summed E-state index contributed by atoms with van der Waals surface area (Å²) in [5.74, 6) is -0.478. The monoisotopic (exact) mass is 370 g/mol. The van der Waals surface area contributed by atoms with Gasteiger partial charge in [-0.3, -0.25) is 9.59 Å². The number of quaternary nitrogens is 1. The maximum atomic E-state index is 12.8. The summed E-state index contributed by atoms with van der Waals surface area (Å²) in [4.78, 5) is 27.2. The normalized spacial score (nSPS) is 19.5. The SMILES string of the molecule is C[C@H](C(=O)Nc1sc2c(c1C(N)=O)CCC2)[NH+]1CCc2ccccc2C1. The van der Waals surface area contributed by atoms with E-state index in [1.54, 1.807) is 0 Å². The molecule has 0 radical (unpaired) electrons. The lowest BCUT2D eigenvalue weighted by atomic mass is 9.99. The van der Waals surface area contributed by atoms with E-state index in [1.807, 2.05) is 6.92 Å². The van der Waals surface area contributed by atoms with Gasteiger partial charge >= 0.3 is 0 Å². The zero-order chi connectivity index (χ0) is 18.3. The number of hydrogen-bond donors (Lipinski definition) is 3. The Morgan fingerprint density at radius 3 is 2.73 bits per heavy atom. The lowest BCUT2D eigenvalue weighted by Gasteiger charge is -2.30. The Kier molecular flexibility index (Phi) is 4.54. The van der Waals surface area contributed by atoms with Crippen molar-refractivity contribution in [1.29, 1.82) is 0 Å². The highest BCUT2D eigenvalue weighted by atomic mass is 32.1. The first-order valence-corrected chi connectivity index (χ1v) is 10.0. The largest absolute Gasteiger partial charge is 0.365 e. The number of anilines is 1. The van der Waals surface area contributed by atoms with Crippen molar-refractivity contribution in [2.24, 2.45) is 5.73 Å². The van der Waals surface area contributed by atoms with Gasteiger partial charge in [0.05, 0.1) is 12.1 Å². The number of fused-ring (bicyclic) bond motifs is 2. The van der Waals surface area contributed by atoms with Gasteiger partial charge in [0, 0.05) is 16.9 Å². The van der Waals surface area contributed by atoms with Crippen molar-refractivity contribution in [1.82, 2.24) is 0 Å². The molecular weight excluding hydrogens is 346 g/mol. The van der Waals surface area contributed by atoms with E-state index in [4.69, 9.17) is 5.73 Å². The summed E-state index contributed by atoms with van der Waals surface area (Å²) in [5, 5.41) is 3.64. The molecule has 136 valence electrons. The Morgan fingerprint density at radius 2 is 1.96 bits per heavy atom. The summed E-state index contributed by atoms with van der Waals surface area (Å²) in [6, 6.07) is 8.26. The molecule has 4 rings (SSSR count). The number of carbonyl (C=O) groups excluding carboxylic acids is 2. The van der Waals surface area contributed by atoms with Crippen LogP contribution in [0.3, 0.4) is 0 Å². The Morgan fingerprint density at radius 1 is 1.19 bits per heavy atom. The van der Waals surface area contributed by atoms with Gasteiger partial charge in [0.15, 0.2) is 6.04 Å². The molecule has 0 fully saturated rings. The van der Waals surface area contributed by atoms with Crippen molar-refractivity contribution >= 4 is 28.2 Å². The van der Waals surface area contributed by atoms with Gasteiger partial charge < -0.3 is 16.0 Å². The number of benzene rings is 1. The number of nitrogens with two attached hydrogens (primary N) is 1. The molecule has 1 aliphatic heterocycles. The van der Waals surface area contributed by atoms with Crippen molar-refractivity contribution in [2.45, 2.75) is 45.2 Å². The highest BCUT2D eigenvalue weighted by molar-refractivity contribution is 7.17. The van der Waals surface area contributed by atoms with Gasteiger partial charge in [-0.2, -0.15) is 0 Å². The molecule has 2 atom stereocenters. The summed E-state index contributed by atoms with van der Waals surface area (Å²) in [6.45, 7) is 3.76. The first-order chi connectivity index (χ1) is 12.5. The average Bonchev–Trinajstić information content (AvgIpc) is 3.20. The first kappa shape index (κ1) is 17.2. The third kappa shape index (κ3) is 3.04. The van der Waals surface area contributed by atoms with Crippen LogP contribution in [0.15, 0.2) is 24.3 Å². The Balaban J connectivity index is 1.50. The average molecular weight is 370 g/mol. The maximum absolute atomic E-state index is 12.8. The van der Waals surface area contributed by atoms with Crippen LogP contribution in [0.4, 0.5) is 5.00 Å². The summed E-state index contributed by atoms with van der Waals surface area (Å²) in [5.41, 5.74) is 9.87. The Bertz CT molecular complexity index is 874.